The summed E-state index contributed by atoms with van der Waals surface area (Å²) in [5, 5.41) is 6.84. The first-order chi connectivity index (χ1) is 10.2. The zero-order chi connectivity index (χ0) is 14.8. The quantitative estimate of drug-likeness (QED) is 0.911. The molecule has 1 aromatic carbocycles. The molecule has 1 fully saturated rings. The normalized spacial score (nSPS) is 21.6. The van der Waals surface area contributed by atoms with E-state index in [1.165, 1.54) is 11.3 Å². The number of carbonyl (C=O) groups excluding carboxylic acids is 1. The van der Waals surface area contributed by atoms with Crippen molar-refractivity contribution < 1.29 is 9.53 Å². The fraction of sp³-hybridized carbons (Fsp3) is 0.467. The van der Waals surface area contributed by atoms with Gasteiger partial charge in [-0.2, -0.15) is 0 Å². The van der Waals surface area contributed by atoms with E-state index in [9.17, 15) is 4.79 Å². The number of amides is 1. The molecule has 2 atom stereocenters. The van der Waals surface area contributed by atoms with Crippen molar-refractivity contribution in [2.75, 3.05) is 25.0 Å². The summed E-state index contributed by atoms with van der Waals surface area (Å²) in [6.07, 6.45) is 0. The molecule has 2 heterocycles. The van der Waals surface area contributed by atoms with Crippen molar-refractivity contribution in [3.05, 3.63) is 18.2 Å². The Balaban J connectivity index is 1.76. The summed E-state index contributed by atoms with van der Waals surface area (Å²) in [5.74, 6) is 1.27. The lowest BCUT2D eigenvalue weighted by molar-refractivity contribution is -0.120. The lowest BCUT2D eigenvalue weighted by atomic mass is 9.97. The van der Waals surface area contributed by atoms with Crippen molar-refractivity contribution in [3.63, 3.8) is 0 Å². The minimum atomic E-state index is 0.0241. The van der Waals surface area contributed by atoms with E-state index in [1.807, 2.05) is 25.1 Å². The second-order valence-corrected chi connectivity index (χ2v) is 6.34. The van der Waals surface area contributed by atoms with Crippen molar-refractivity contribution in [2.45, 2.75) is 13.8 Å². The van der Waals surface area contributed by atoms with E-state index >= 15 is 0 Å². The number of aromatic nitrogens is 1. The Bertz CT molecular complexity index is 655. The molecule has 6 heteroatoms. The Hall–Kier alpha value is -1.66. The molecule has 1 aliphatic rings. The Morgan fingerprint density at radius 3 is 3.10 bits per heavy atom. The average Bonchev–Trinajstić information content (AvgIpc) is 3.04. The highest BCUT2D eigenvalue weighted by atomic mass is 32.1. The molecule has 0 aliphatic carbocycles. The van der Waals surface area contributed by atoms with Gasteiger partial charge in [-0.05, 0) is 37.6 Å². The lowest BCUT2D eigenvalue weighted by Crippen LogP contribution is -2.27. The van der Waals surface area contributed by atoms with Gasteiger partial charge >= 0.3 is 0 Å². The van der Waals surface area contributed by atoms with Crippen LogP contribution in [-0.4, -0.2) is 30.6 Å². The summed E-state index contributed by atoms with van der Waals surface area (Å²) < 4.78 is 6.51. The third-order valence-corrected chi connectivity index (χ3v) is 4.69. The lowest BCUT2D eigenvalue weighted by Gasteiger charge is -2.12. The van der Waals surface area contributed by atoms with Gasteiger partial charge in [-0.25, -0.2) is 4.98 Å². The second kappa shape index (κ2) is 5.99. The van der Waals surface area contributed by atoms with E-state index < -0.39 is 0 Å². The molecule has 2 aromatic rings. The fourth-order valence-electron chi connectivity index (χ4n) is 2.57. The van der Waals surface area contributed by atoms with Crippen LogP contribution in [0.5, 0.6) is 5.75 Å². The van der Waals surface area contributed by atoms with Gasteiger partial charge in [0, 0.05) is 6.54 Å². The average molecular weight is 305 g/mol. The molecule has 3 rings (SSSR count). The summed E-state index contributed by atoms with van der Waals surface area (Å²) in [5.41, 5.74) is 0.886. The maximum atomic E-state index is 12.3. The fourth-order valence-corrected chi connectivity index (χ4v) is 3.47. The van der Waals surface area contributed by atoms with Crippen LogP contribution in [0, 0.1) is 11.8 Å². The van der Waals surface area contributed by atoms with Gasteiger partial charge in [0.05, 0.1) is 22.7 Å². The van der Waals surface area contributed by atoms with E-state index in [-0.39, 0.29) is 11.8 Å². The largest absolute Gasteiger partial charge is 0.494 e. The van der Waals surface area contributed by atoms with Gasteiger partial charge in [0.15, 0.2) is 5.13 Å². The van der Waals surface area contributed by atoms with Gasteiger partial charge < -0.3 is 15.4 Å². The minimum Gasteiger partial charge on any atom is -0.494 e. The Kier molecular flexibility index (Phi) is 4.07. The molecule has 1 amide bonds. The van der Waals surface area contributed by atoms with Crippen molar-refractivity contribution in [1.29, 1.82) is 0 Å². The van der Waals surface area contributed by atoms with Crippen LogP contribution in [0.2, 0.25) is 0 Å². The summed E-state index contributed by atoms with van der Waals surface area (Å²) in [6.45, 7) is 6.33. The van der Waals surface area contributed by atoms with Gasteiger partial charge in [-0.15, -0.1) is 0 Å². The molecular weight excluding hydrogens is 286 g/mol. The number of nitrogens with one attached hydrogen (secondary N) is 2. The van der Waals surface area contributed by atoms with Gasteiger partial charge in [-0.1, -0.05) is 18.3 Å². The first-order valence-corrected chi connectivity index (χ1v) is 8.04. The molecule has 5 nitrogen and oxygen atoms in total. The highest BCUT2D eigenvalue weighted by Gasteiger charge is 2.29. The van der Waals surface area contributed by atoms with Crippen LogP contribution in [0.3, 0.4) is 0 Å². The monoisotopic (exact) mass is 305 g/mol. The summed E-state index contributed by atoms with van der Waals surface area (Å²) in [7, 11) is 0. The van der Waals surface area contributed by atoms with Crippen LogP contribution in [0.15, 0.2) is 18.2 Å². The molecular formula is C15H19N3O2S. The predicted octanol–water partition coefficient (Wildman–Crippen LogP) is 2.49. The molecule has 21 heavy (non-hydrogen) atoms. The molecule has 112 valence electrons. The topological polar surface area (TPSA) is 63.2 Å². The number of hydrogen-bond donors (Lipinski definition) is 2. The molecule has 0 bridgehead atoms. The molecule has 0 spiro atoms. The van der Waals surface area contributed by atoms with Crippen LogP contribution in [0.1, 0.15) is 13.8 Å². The van der Waals surface area contributed by atoms with Gasteiger partial charge in [0.1, 0.15) is 5.75 Å². The van der Waals surface area contributed by atoms with Crippen LogP contribution < -0.4 is 15.4 Å². The first kappa shape index (κ1) is 14.3. The number of hydrogen-bond acceptors (Lipinski definition) is 5. The number of carbonyl (C=O) groups is 1. The highest BCUT2D eigenvalue weighted by molar-refractivity contribution is 7.22. The van der Waals surface area contributed by atoms with Gasteiger partial charge in [0.25, 0.3) is 0 Å². The molecule has 1 saturated heterocycles. The number of thiazole rings is 1. The zero-order valence-corrected chi connectivity index (χ0v) is 13.0. The third kappa shape index (κ3) is 3.01. The number of nitrogens with zero attached hydrogens (tertiary/aromatic N) is 1. The van der Waals surface area contributed by atoms with Crippen LogP contribution >= 0.6 is 11.3 Å². The minimum absolute atomic E-state index is 0.0241. The van der Waals surface area contributed by atoms with E-state index in [0.29, 0.717) is 17.7 Å². The van der Waals surface area contributed by atoms with E-state index in [0.717, 1.165) is 29.1 Å². The molecule has 0 saturated carbocycles. The highest BCUT2D eigenvalue weighted by Crippen LogP contribution is 2.30. The summed E-state index contributed by atoms with van der Waals surface area (Å²) >= 11 is 1.48. The van der Waals surface area contributed by atoms with Crippen molar-refractivity contribution in [3.8, 4) is 5.75 Å². The Morgan fingerprint density at radius 2 is 2.38 bits per heavy atom. The van der Waals surface area contributed by atoms with Crippen LogP contribution in [-0.2, 0) is 4.79 Å². The number of benzene rings is 1. The third-order valence-electron chi connectivity index (χ3n) is 3.76. The van der Waals surface area contributed by atoms with Crippen LogP contribution in [0.25, 0.3) is 10.2 Å². The van der Waals surface area contributed by atoms with Crippen molar-refractivity contribution >= 4 is 32.6 Å². The standard InChI is InChI=1S/C15H19N3O2S/c1-3-20-10-4-5-12-13(6-10)21-15(17-12)18-14(19)11-8-16-7-9(11)2/h4-6,9,11,16H,3,7-8H2,1-2H3,(H,17,18,19). The van der Waals surface area contributed by atoms with E-state index in [1.54, 1.807) is 0 Å². The van der Waals surface area contributed by atoms with Crippen molar-refractivity contribution in [2.24, 2.45) is 11.8 Å². The predicted molar refractivity (Wildman–Crippen MR) is 84.9 cm³/mol. The molecule has 0 radical (unpaired) electrons. The first-order valence-electron chi connectivity index (χ1n) is 7.22. The number of anilines is 1. The molecule has 1 aromatic heterocycles. The maximum Gasteiger partial charge on any atom is 0.230 e. The van der Waals surface area contributed by atoms with E-state index in [4.69, 9.17) is 4.74 Å². The summed E-state index contributed by atoms with van der Waals surface area (Å²) in [6, 6.07) is 5.79. The Labute approximate surface area is 127 Å². The smallest absolute Gasteiger partial charge is 0.230 e. The van der Waals surface area contributed by atoms with E-state index in [2.05, 4.69) is 22.5 Å². The molecule has 2 unspecified atom stereocenters. The van der Waals surface area contributed by atoms with Gasteiger partial charge in [-0.3, -0.25) is 4.79 Å². The molecule has 1 aliphatic heterocycles. The number of ether oxygens (including phenoxy) is 1. The zero-order valence-electron chi connectivity index (χ0n) is 12.2. The maximum absolute atomic E-state index is 12.3. The number of rotatable bonds is 4. The van der Waals surface area contributed by atoms with Crippen molar-refractivity contribution in [1.82, 2.24) is 10.3 Å². The second-order valence-electron chi connectivity index (χ2n) is 5.31. The Morgan fingerprint density at radius 1 is 1.52 bits per heavy atom. The SMILES string of the molecule is CCOc1ccc2nc(NC(=O)C3CNCC3C)sc2c1. The van der Waals surface area contributed by atoms with Crippen LogP contribution in [0.4, 0.5) is 5.13 Å². The van der Waals surface area contributed by atoms with Gasteiger partial charge in [0.2, 0.25) is 5.91 Å². The number of fused-ring (bicyclic) bond motifs is 1. The molecule has 2 N–H and O–H groups in total. The summed E-state index contributed by atoms with van der Waals surface area (Å²) in [4.78, 5) is 16.7.